The van der Waals surface area contributed by atoms with Gasteiger partial charge in [0.1, 0.15) is 10.4 Å². The minimum atomic E-state index is 0.620. The van der Waals surface area contributed by atoms with E-state index in [4.69, 9.17) is 17.0 Å². The molecule has 0 unspecified atom stereocenters. The fraction of sp³-hybridized carbons (Fsp3) is 0.167. The standard InChI is InChI=1S/C12H12N2OS/c1-8-3-4-9(11(7-8)15-2)10-5-6-12(16)14-13-10/h3-7H,1-2H3,(H,14,16). The summed E-state index contributed by atoms with van der Waals surface area (Å²) in [4.78, 5) is 0. The highest BCUT2D eigenvalue weighted by atomic mass is 32.1. The lowest BCUT2D eigenvalue weighted by atomic mass is 10.1. The summed E-state index contributed by atoms with van der Waals surface area (Å²) >= 11 is 4.95. The maximum atomic E-state index is 5.33. The van der Waals surface area contributed by atoms with Crippen LogP contribution in [0.15, 0.2) is 30.3 Å². The molecular weight excluding hydrogens is 220 g/mol. The number of aryl methyl sites for hydroxylation is 1. The Labute approximate surface area is 99.1 Å². The number of nitrogens with zero attached hydrogens (tertiary/aromatic N) is 1. The molecule has 2 rings (SSSR count). The Morgan fingerprint density at radius 3 is 2.69 bits per heavy atom. The Morgan fingerprint density at radius 2 is 2.06 bits per heavy atom. The molecular formula is C12H12N2OS. The van der Waals surface area contributed by atoms with Gasteiger partial charge in [-0.2, -0.15) is 5.10 Å². The molecule has 4 heteroatoms. The number of methoxy groups -OCH3 is 1. The Balaban J connectivity index is 2.55. The predicted octanol–water partition coefficient (Wildman–Crippen LogP) is 3.12. The molecule has 82 valence electrons. The van der Waals surface area contributed by atoms with Crippen molar-refractivity contribution in [1.82, 2.24) is 10.2 Å². The van der Waals surface area contributed by atoms with Crippen LogP contribution < -0.4 is 4.74 Å². The summed E-state index contributed by atoms with van der Waals surface area (Å²) in [7, 11) is 1.66. The van der Waals surface area contributed by atoms with Gasteiger partial charge in [-0.15, -0.1) is 0 Å². The summed E-state index contributed by atoms with van der Waals surface area (Å²) in [5, 5.41) is 6.95. The van der Waals surface area contributed by atoms with Crippen LogP contribution in [0.25, 0.3) is 11.3 Å². The quantitative estimate of drug-likeness (QED) is 0.808. The Bertz CT molecular complexity index is 543. The fourth-order valence-corrected chi connectivity index (χ4v) is 1.62. The van der Waals surface area contributed by atoms with Gasteiger partial charge in [0.2, 0.25) is 0 Å². The van der Waals surface area contributed by atoms with Crippen molar-refractivity contribution < 1.29 is 4.74 Å². The van der Waals surface area contributed by atoms with Crippen LogP contribution in [0.3, 0.4) is 0 Å². The minimum Gasteiger partial charge on any atom is -0.496 e. The summed E-state index contributed by atoms with van der Waals surface area (Å²) in [6, 6.07) is 9.70. The molecule has 0 bridgehead atoms. The van der Waals surface area contributed by atoms with Gasteiger partial charge in [0.15, 0.2) is 0 Å². The van der Waals surface area contributed by atoms with Crippen LogP contribution in [0.1, 0.15) is 5.56 Å². The zero-order chi connectivity index (χ0) is 11.5. The zero-order valence-electron chi connectivity index (χ0n) is 9.15. The van der Waals surface area contributed by atoms with Crippen molar-refractivity contribution >= 4 is 12.2 Å². The maximum Gasteiger partial charge on any atom is 0.128 e. The minimum absolute atomic E-state index is 0.620. The third-order valence-corrected chi connectivity index (χ3v) is 2.54. The molecule has 0 saturated carbocycles. The molecule has 2 aromatic rings. The molecule has 0 aliphatic carbocycles. The summed E-state index contributed by atoms with van der Waals surface area (Å²) in [5.41, 5.74) is 2.94. The summed E-state index contributed by atoms with van der Waals surface area (Å²) in [6.45, 7) is 2.03. The van der Waals surface area contributed by atoms with Crippen LogP contribution >= 0.6 is 12.2 Å². The largest absolute Gasteiger partial charge is 0.496 e. The summed E-state index contributed by atoms with van der Waals surface area (Å²) in [6.07, 6.45) is 0. The first-order valence-corrected chi connectivity index (χ1v) is 5.32. The van der Waals surface area contributed by atoms with Gasteiger partial charge in [-0.1, -0.05) is 18.3 Å². The van der Waals surface area contributed by atoms with Crippen molar-refractivity contribution in [3.8, 4) is 17.0 Å². The fourth-order valence-electron chi connectivity index (χ4n) is 1.50. The first kappa shape index (κ1) is 10.8. The van der Waals surface area contributed by atoms with E-state index in [-0.39, 0.29) is 0 Å². The second-order valence-electron chi connectivity index (χ2n) is 3.51. The normalized spacial score (nSPS) is 10.1. The highest BCUT2D eigenvalue weighted by Gasteiger charge is 2.06. The van der Waals surface area contributed by atoms with Crippen molar-refractivity contribution in [1.29, 1.82) is 0 Å². The van der Waals surface area contributed by atoms with E-state index >= 15 is 0 Å². The van der Waals surface area contributed by atoms with E-state index in [9.17, 15) is 0 Å². The van der Waals surface area contributed by atoms with E-state index in [2.05, 4.69) is 10.2 Å². The molecule has 0 radical (unpaired) electrons. The van der Waals surface area contributed by atoms with Gasteiger partial charge in [-0.3, -0.25) is 5.10 Å². The summed E-state index contributed by atoms with van der Waals surface area (Å²) < 4.78 is 5.95. The summed E-state index contributed by atoms with van der Waals surface area (Å²) in [5.74, 6) is 0.818. The molecule has 16 heavy (non-hydrogen) atoms. The van der Waals surface area contributed by atoms with Crippen molar-refractivity contribution in [3.05, 3.63) is 40.5 Å². The van der Waals surface area contributed by atoms with Crippen LogP contribution in [0.2, 0.25) is 0 Å². The number of ether oxygens (including phenoxy) is 1. The van der Waals surface area contributed by atoms with E-state index in [1.54, 1.807) is 7.11 Å². The Morgan fingerprint density at radius 1 is 1.25 bits per heavy atom. The van der Waals surface area contributed by atoms with E-state index < -0.39 is 0 Å². The molecule has 1 heterocycles. The lowest BCUT2D eigenvalue weighted by Gasteiger charge is -2.08. The second kappa shape index (κ2) is 4.45. The van der Waals surface area contributed by atoms with Crippen LogP contribution in [0, 0.1) is 11.6 Å². The first-order valence-electron chi connectivity index (χ1n) is 4.91. The average Bonchev–Trinajstić information content (AvgIpc) is 2.30. The number of aromatic amines is 1. The highest BCUT2D eigenvalue weighted by molar-refractivity contribution is 7.71. The first-order chi connectivity index (χ1) is 7.70. The lowest BCUT2D eigenvalue weighted by molar-refractivity contribution is 0.416. The van der Waals surface area contributed by atoms with Gasteiger partial charge in [0.25, 0.3) is 0 Å². The monoisotopic (exact) mass is 232 g/mol. The molecule has 0 aliphatic rings. The number of hydrogen-bond donors (Lipinski definition) is 1. The molecule has 1 aromatic carbocycles. The zero-order valence-corrected chi connectivity index (χ0v) is 9.97. The number of nitrogens with one attached hydrogen (secondary N) is 1. The van der Waals surface area contributed by atoms with Crippen molar-refractivity contribution in [3.63, 3.8) is 0 Å². The molecule has 0 spiro atoms. The number of rotatable bonds is 2. The van der Waals surface area contributed by atoms with E-state index in [0.29, 0.717) is 4.64 Å². The van der Waals surface area contributed by atoms with Gasteiger partial charge < -0.3 is 4.74 Å². The van der Waals surface area contributed by atoms with Crippen molar-refractivity contribution in [2.75, 3.05) is 7.11 Å². The third kappa shape index (κ3) is 2.12. The molecule has 0 amide bonds. The van der Waals surface area contributed by atoms with Gasteiger partial charge in [-0.05, 0) is 36.8 Å². The second-order valence-corrected chi connectivity index (χ2v) is 3.95. The predicted molar refractivity (Wildman–Crippen MR) is 66.1 cm³/mol. The molecule has 0 atom stereocenters. The van der Waals surface area contributed by atoms with Gasteiger partial charge in [0, 0.05) is 5.56 Å². The van der Waals surface area contributed by atoms with E-state index in [1.807, 2.05) is 37.3 Å². The average molecular weight is 232 g/mol. The molecule has 1 aromatic heterocycles. The van der Waals surface area contributed by atoms with E-state index in [0.717, 1.165) is 22.6 Å². The lowest BCUT2D eigenvalue weighted by Crippen LogP contribution is -1.92. The topological polar surface area (TPSA) is 37.9 Å². The molecule has 0 aliphatic heterocycles. The van der Waals surface area contributed by atoms with Crippen LogP contribution in [0.4, 0.5) is 0 Å². The molecule has 3 nitrogen and oxygen atoms in total. The van der Waals surface area contributed by atoms with Crippen LogP contribution in [-0.4, -0.2) is 17.3 Å². The van der Waals surface area contributed by atoms with Gasteiger partial charge >= 0.3 is 0 Å². The smallest absolute Gasteiger partial charge is 0.128 e. The van der Waals surface area contributed by atoms with Crippen LogP contribution in [-0.2, 0) is 0 Å². The SMILES string of the molecule is COc1cc(C)ccc1-c1ccc(=S)[nH]n1. The number of aromatic nitrogens is 2. The van der Waals surface area contributed by atoms with Gasteiger partial charge in [-0.25, -0.2) is 0 Å². The van der Waals surface area contributed by atoms with Gasteiger partial charge in [0.05, 0.1) is 12.8 Å². The highest BCUT2D eigenvalue weighted by Crippen LogP contribution is 2.28. The maximum absolute atomic E-state index is 5.33. The van der Waals surface area contributed by atoms with E-state index in [1.165, 1.54) is 0 Å². The van der Waals surface area contributed by atoms with Crippen molar-refractivity contribution in [2.24, 2.45) is 0 Å². The van der Waals surface area contributed by atoms with Crippen LogP contribution in [0.5, 0.6) is 5.75 Å². The number of benzene rings is 1. The van der Waals surface area contributed by atoms with Crippen molar-refractivity contribution in [2.45, 2.75) is 6.92 Å². The Hall–Kier alpha value is -1.68. The third-order valence-electron chi connectivity index (χ3n) is 2.31. The molecule has 0 saturated heterocycles. The molecule has 1 N–H and O–H groups in total. The number of H-pyrrole nitrogens is 1. The number of hydrogen-bond acceptors (Lipinski definition) is 3. The Kier molecular flexibility index (Phi) is 3.01. The molecule has 0 fully saturated rings.